The quantitative estimate of drug-likeness (QED) is 0.266. The molecule has 208 valence electrons. The van der Waals surface area contributed by atoms with Crippen LogP contribution in [0.25, 0.3) is 16.5 Å². The van der Waals surface area contributed by atoms with E-state index in [1.807, 2.05) is 51.5 Å². The van der Waals surface area contributed by atoms with Crippen LogP contribution in [0.2, 0.25) is 0 Å². The van der Waals surface area contributed by atoms with E-state index >= 15 is 0 Å². The number of fused-ring (bicyclic) bond motifs is 1. The summed E-state index contributed by atoms with van der Waals surface area (Å²) in [4.78, 5) is 28.1. The summed E-state index contributed by atoms with van der Waals surface area (Å²) in [5.41, 5.74) is 3.79. The molecule has 0 unspecified atom stereocenters. The Kier molecular flexibility index (Phi) is 8.30. The number of aryl methyl sites for hydroxylation is 2. The molecule has 0 aliphatic carbocycles. The Labute approximate surface area is 232 Å². The van der Waals surface area contributed by atoms with Gasteiger partial charge in [0.1, 0.15) is 17.2 Å². The second kappa shape index (κ2) is 11.3. The summed E-state index contributed by atoms with van der Waals surface area (Å²) in [5.74, 6) is -0.228. The van der Waals surface area contributed by atoms with Gasteiger partial charge in [-0.05, 0) is 82.5 Å². The number of esters is 1. The van der Waals surface area contributed by atoms with E-state index in [1.165, 1.54) is 23.9 Å². The number of nitrogens with zero attached hydrogens (tertiary/aromatic N) is 2. The summed E-state index contributed by atoms with van der Waals surface area (Å²) in [6.45, 7) is 10.2. The van der Waals surface area contributed by atoms with E-state index in [1.54, 1.807) is 24.0 Å². The van der Waals surface area contributed by atoms with Gasteiger partial charge in [-0.1, -0.05) is 6.08 Å². The van der Waals surface area contributed by atoms with Crippen molar-refractivity contribution in [2.24, 2.45) is 7.05 Å². The Hall–Kier alpha value is -3.46. The number of halogens is 1. The third-order valence-corrected chi connectivity index (χ3v) is 7.81. The van der Waals surface area contributed by atoms with Gasteiger partial charge in [0.25, 0.3) is 0 Å². The number of amides is 1. The summed E-state index contributed by atoms with van der Waals surface area (Å²) in [5, 5.41) is 11.7. The Morgan fingerprint density at radius 1 is 1.18 bits per heavy atom. The highest BCUT2D eigenvalue weighted by Crippen LogP contribution is 2.39. The number of benzene rings is 2. The van der Waals surface area contributed by atoms with Crippen molar-refractivity contribution >= 4 is 40.3 Å². The highest BCUT2D eigenvalue weighted by atomic mass is 32.2. The zero-order chi connectivity index (χ0) is 28.5. The normalized spacial score (nSPS) is 13.9. The second-order valence-corrected chi connectivity index (χ2v) is 11.6. The van der Waals surface area contributed by atoms with E-state index in [4.69, 9.17) is 9.47 Å². The number of carbonyl (C=O) groups excluding carboxylic acids is 2. The molecule has 4 rings (SSSR count). The monoisotopic (exact) mass is 554 g/mol. The zero-order valence-corrected chi connectivity index (χ0v) is 24.1. The maximum absolute atomic E-state index is 13.6. The Morgan fingerprint density at radius 2 is 1.92 bits per heavy atom. The van der Waals surface area contributed by atoms with Crippen LogP contribution in [0.5, 0.6) is 5.75 Å². The van der Waals surface area contributed by atoms with Gasteiger partial charge in [0, 0.05) is 52.9 Å². The van der Waals surface area contributed by atoms with Crippen molar-refractivity contribution in [2.45, 2.75) is 57.3 Å². The van der Waals surface area contributed by atoms with Crippen LogP contribution in [0.3, 0.4) is 0 Å². The van der Waals surface area contributed by atoms with Gasteiger partial charge in [0.2, 0.25) is 0 Å². The number of rotatable bonds is 6. The van der Waals surface area contributed by atoms with Gasteiger partial charge in [-0.15, -0.1) is 11.8 Å². The number of phenolic OH excluding ortho intramolecular Hbond substituents is 1. The lowest BCUT2D eigenvalue weighted by molar-refractivity contribution is 0.0270. The topological polar surface area (TPSA) is 81.0 Å². The fourth-order valence-corrected chi connectivity index (χ4v) is 5.79. The Bertz CT molecular complexity index is 1450. The van der Waals surface area contributed by atoms with Crippen molar-refractivity contribution in [1.82, 2.24) is 9.47 Å². The van der Waals surface area contributed by atoms with Crippen molar-refractivity contribution in [3.8, 4) is 5.75 Å². The smallest absolute Gasteiger partial charge is 0.410 e. The third kappa shape index (κ3) is 6.24. The molecule has 0 saturated heterocycles. The molecule has 0 fully saturated rings. The highest BCUT2D eigenvalue weighted by molar-refractivity contribution is 7.98. The SMILES string of the molecule is CCOC(=O)c1c(CSc2ccc(F)cc2C)n(C)c2cc(C3=CCN(C(=O)OC(C)(C)C)CC3)c(O)cc12. The minimum Gasteiger partial charge on any atom is -0.507 e. The van der Waals surface area contributed by atoms with E-state index in [-0.39, 0.29) is 24.3 Å². The molecule has 1 aliphatic heterocycles. The van der Waals surface area contributed by atoms with Crippen LogP contribution in [-0.4, -0.2) is 51.9 Å². The first-order valence-electron chi connectivity index (χ1n) is 13.0. The van der Waals surface area contributed by atoms with Gasteiger partial charge in [-0.3, -0.25) is 0 Å². The maximum atomic E-state index is 13.6. The highest BCUT2D eigenvalue weighted by Gasteiger charge is 2.27. The fraction of sp³-hybridized carbons (Fsp3) is 0.400. The average Bonchev–Trinajstić information content (AvgIpc) is 3.12. The maximum Gasteiger partial charge on any atom is 0.410 e. The van der Waals surface area contributed by atoms with Crippen molar-refractivity contribution in [3.05, 3.63) is 64.6 Å². The first-order valence-corrected chi connectivity index (χ1v) is 14.0. The summed E-state index contributed by atoms with van der Waals surface area (Å²) in [6.07, 6.45) is 2.12. The molecule has 0 bridgehead atoms. The van der Waals surface area contributed by atoms with Crippen LogP contribution < -0.4 is 0 Å². The van der Waals surface area contributed by atoms with Crippen LogP contribution in [0.1, 0.15) is 61.3 Å². The number of hydrogen-bond donors (Lipinski definition) is 1. The van der Waals surface area contributed by atoms with Crippen LogP contribution >= 0.6 is 11.8 Å². The first-order chi connectivity index (χ1) is 18.4. The molecule has 3 aromatic rings. The van der Waals surface area contributed by atoms with Crippen LogP contribution in [0.4, 0.5) is 9.18 Å². The lowest BCUT2D eigenvalue weighted by atomic mass is 9.97. The third-order valence-electron chi connectivity index (χ3n) is 6.63. The largest absolute Gasteiger partial charge is 0.507 e. The van der Waals surface area contributed by atoms with Gasteiger partial charge in [0.05, 0.1) is 12.2 Å². The molecule has 7 nitrogen and oxygen atoms in total. The molecule has 1 N–H and O–H groups in total. The van der Waals surface area contributed by atoms with E-state index in [0.717, 1.165) is 27.2 Å². The number of ether oxygens (including phenoxy) is 2. The molecule has 0 atom stereocenters. The lowest BCUT2D eigenvalue weighted by Gasteiger charge is -2.29. The Balaban J connectivity index is 1.69. The predicted octanol–water partition coefficient (Wildman–Crippen LogP) is 6.82. The number of phenols is 1. The van der Waals surface area contributed by atoms with Crippen molar-refractivity contribution in [2.75, 3.05) is 19.7 Å². The minimum absolute atomic E-state index is 0.0594. The van der Waals surface area contributed by atoms with Crippen molar-refractivity contribution < 1.29 is 28.6 Å². The average molecular weight is 555 g/mol. The molecule has 9 heteroatoms. The number of aromatic nitrogens is 1. The number of carbonyl (C=O) groups is 2. The summed E-state index contributed by atoms with van der Waals surface area (Å²) in [6, 6.07) is 8.16. The fourth-order valence-electron chi connectivity index (χ4n) is 4.71. The predicted molar refractivity (Wildman–Crippen MR) is 152 cm³/mol. The van der Waals surface area contributed by atoms with E-state index in [0.29, 0.717) is 41.8 Å². The van der Waals surface area contributed by atoms with Gasteiger partial charge in [-0.2, -0.15) is 0 Å². The zero-order valence-electron chi connectivity index (χ0n) is 23.3. The first kappa shape index (κ1) is 28.5. The van der Waals surface area contributed by atoms with E-state index in [9.17, 15) is 19.1 Å². The molecular weight excluding hydrogens is 519 g/mol. The van der Waals surface area contributed by atoms with Crippen LogP contribution in [0, 0.1) is 12.7 Å². The van der Waals surface area contributed by atoms with E-state index in [2.05, 4.69) is 0 Å². The van der Waals surface area contributed by atoms with Gasteiger partial charge in [-0.25, -0.2) is 14.0 Å². The number of hydrogen-bond acceptors (Lipinski definition) is 6. The standard InChI is InChI=1S/C30H35FN2O5S/c1-7-37-28(35)27-22-16-25(34)21(19-10-12-33(13-11-19)29(36)38-30(3,4)5)15-23(22)32(6)24(27)17-39-26-9-8-20(31)14-18(26)2/h8-10,14-16,34H,7,11-13,17H2,1-6H3. The van der Waals surface area contributed by atoms with Gasteiger partial charge in [0.15, 0.2) is 0 Å². The molecule has 2 aromatic carbocycles. The lowest BCUT2D eigenvalue weighted by Crippen LogP contribution is -2.39. The molecule has 0 saturated carbocycles. The molecule has 1 aromatic heterocycles. The Morgan fingerprint density at radius 3 is 2.54 bits per heavy atom. The molecule has 39 heavy (non-hydrogen) atoms. The summed E-state index contributed by atoms with van der Waals surface area (Å²) < 4.78 is 26.4. The summed E-state index contributed by atoms with van der Waals surface area (Å²) in [7, 11) is 1.89. The second-order valence-electron chi connectivity index (χ2n) is 10.6. The minimum atomic E-state index is -0.571. The van der Waals surface area contributed by atoms with Crippen molar-refractivity contribution in [1.29, 1.82) is 0 Å². The van der Waals surface area contributed by atoms with E-state index < -0.39 is 11.6 Å². The molecule has 1 amide bonds. The van der Waals surface area contributed by atoms with Crippen molar-refractivity contribution in [3.63, 3.8) is 0 Å². The molecule has 1 aliphatic rings. The molecule has 0 spiro atoms. The molecule has 0 radical (unpaired) electrons. The van der Waals surface area contributed by atoms with Gasteiger partial charge < -0.3 is 24.0 Å². The van der Waals surface area contributed by atoms with Crippen LogP contribution in [0.15, 0.2) is 41.3 Å². The summed E-state index contributed by atoms with van der Waals surface area (Å²) >= 11 is 1.51. The molecule has 2 heterocycles. The number of thioether (sulfide) groups is 1. The van der Waals surface area contributed by atoms with Gasteiger partial charge >= 0.3 is 12.1 Å². The van der Waals surface area contributed by atoms with Crippen LogP contribution in [-0.2, 0) is 22.3 Å². The number of aromatic hydroxyl groups is 1. The molecular formula is C30H35FN2O5S.